The van der Waals surface area contributed by atoms with Crippen LogP contribution in [-0.2, 0) is 4.74 Å². The van der Waals surface area contributed by atoms with Crippen LogP contribution < -0.4 is 4.74 Å². The first kappa shape index (κ1) is 18.8. The molecule has 0 fully saturated rings. The summed E-state index contributed by atoms with van der Waals surface area (Å²) in [6, 6.07) is 15.0. The lowest BCUT2D eigenvalue weighted by Gasteiger charge is -2.19. The molecule has 3 nitrogen and oxygen atoms in total. The summed E-state index contributed by atoms with van der Waals surface area (Å²) in [5.41, 5.74) is 2.02. The maximum Gasteiger partial charge on any atom is 0.119 e. The van der Waals surface area contributed by atoms with E-state index in [1.165, 1.54) is 0 Å². The summed E-state index contributed by atoms with van der Waals surface area (Å²) in [6.07, 6.45) is 7.98. The third-order valence-corrected chi connectivity index (χ3v) is 3.35. The van der Waals surface area contributed by atoms with Crippen molar-refractivity contribution in [1.29, 1.82) is 0 Å². The zero-order chi connectivity index (χ0) is 18.1. The van der Waals surface area contributed by atoms with Gasteiger partial charge in [0.25, 0.3) is 0 Å². The summed E-state index contributed by atoms with van der Waals surface area (Å²) < 4.78 is 11.3. The predicted molar refractivity (Wildman–Crippen MR) is 104 cm³/mol. The molecule has 0 aromatic heterocycles. The van der Waals surface area contributed by atoms with Gasteiger partial charge in [0.1, 0.15) is 18.1 Å². The van der Waals surface area contributed by atoms with E-state index >= 15 is 0 Å². The average Bonchev–Trinajstić information content (AvgIpc) is 2.57. The maximum atomic E-state index is 9.25. The number of hydrogen-bond acceptors (Lipinski definition) is 3. The summed E-state index contributed by atoms with van der Waals surface area (Å²) in [4.78, 5) is 0. The fraction of sp³-hybridized carbons (Fsp3) is 0.273. The molecule has 0 aliphatic carbocycles. The van der Waals surface area contributed by atoms with Gasteiger partial charge < -0.3 is 14.6 Å². The fourth-order valence-corrected chi connectivity index (χ4v) is 2.10. The zero-order valence-electron chi connectivity index (χ0n) is 15.1. The molecule has 0 saturated carbocycles. The van der Waals surface area contributed by atoms with Gasteiger partial charge in [-0.3, -0.25) is 0 Å². The van der Waals surface area contributed by atoms with Crippen molar-refractivity contribution < 1.29 is 14.6 Å². The van der Waals surface area contributed by atoms with Crippen LogP contribution in [0.1, 0.15) is 31.9 Å². The average molecular weight is 338 g/mol. The molecule has 0 aliphatic heterocycles. The van der Waals surface area contributed by atoms with Crippen molar-refractivity contribution in [3.05, 3.63) is 71.8 Å². The lowest BCUT2D eigenvalue weighted by atomic mass is 10.2. The van der Waals surface area contributed by atoms with Crippen LogP contribution in [0.2, 0.25) is 0 Å². The van der Waals surface area contributed by atoms with E-state index in [0.29, 0.717) is 13.2 Å². The number of aromatic hydroxyl groups is 1. The van der Waals surface area contributed by atoms with Crippen LogP contribution in [0, 0.1) is 0 Å². The van der Waals surface area contributed by atoms with Gasteiger partial charge in [0, 0.05) is 0 Å². The summed E-state index contributed by atoms with van der Waals surface area (Å²) in [5.74, 6) is 1.12. The summed E-state index contributed by atoms with van der Waals surface area (Å²) in [6.45, 7) is 7.22. The first-order valence-corrected chi connectivity index (χ1v) is 8.43. The quantitative estimate of drug-likeness (QED) is 0.549. The van der Waals surface area contributed by atoms with Crippen LogP contribution in [-0.4, -0.2) is 23.9 Å². The topological polar surface area (TPSA) is 38.7 Å². The Balaban J connectivity index is 1.78. The monoisotopic (exact) mass is 338 g/mol. The second-order valence-electron chi connectivity index (χ2n) is 6.69. The standard InChI is InChI=1S/C22H26O3/c1-22(2,3)25-17-16-24-21-14-10-19(11-15-21)7-5-4-6-18-8-12-20(23)13-9-18/h4-15,23H,16-17H2,1-3H3. The van der Waals surface area contributed by atoms with E-state index < -0.39 is 0 Å². The van der Waals surface area contributed by atoms with Crippen molar-refractivity contribution in [1.82, 2.24) is 0 Å². The summed E-state index contributed by atoms with van der Waals surface area (Å²) in [5, 5.41) is 9.25. The van der Waals surface area contributed by atoms with Gasteiger partial charge in [-0.1, -0.05) is 48.6 Å². The number of hydrogen-bond donors (Lipinski definition) is 1. The summed E-state index contributed by atoms with van der Waals surface area (Å²) >= 11 is 0. The van der Waals surface area contributed by atoms with Crippen molar-refractivity contribution in [2.45, 2.75) is 26.4 Å². The van der Waals surface area contributed by atoms with Crippen LogP contribution in [0.5, 0.6) is 11.5 Å². The van der Waals surface area contributed by atoms with Gasteiger partial charge in [-0.2, -0.15) is 0 Å². The highest BCUT2D eigenvalue weighted by Crippen LogP contribution is 2.14. The highest BCUT2D eigenvalue weighted by Gasteiger charge is 2.09. The van der Waals surface area contributed by atoms with Gasteiger partial charge in [-0.15, -0.1) is 0 Å². The lowest BCUT2D eigenvalue weighted by Crippen LogP contribution is -2.22. The fourth-order valence-electron chi connectivity index (χ4n) is 2.10. The Morgan fingerprint density at radius 2 is 1.32 bits per heavy atom. The molecule has 0 radical (unpaired) electrons. The highest BCUT2D eigenvalue weighted by atomic mass is 16.5. The van der Waals surface area contributed by atoms with Crippen LogP contribution in [0.15, 0.2) is 60.7 Å². The van der Waals surface area contributed by atoms with E-state index in [4.69, 9.17) is 9.47 Å². The minimum absolute atomic E-state index is 0.133. The van der Waals surface area contributed by atoms with E-state index in [-0.39, 0.29) is 11.4 Å². The van der Waals surface area contributed by atoms with Gasteiger partial charge in [0.2, 0.25) is 0 Å². The van der Waals surface area contributed by atoms with Crippen LogP contribution in [0.25, 0.3) is 12.2 Å². The van der Waals surface area contributed by atoms with Crippen molar-refractivity contribution in [3.8, 4) is 11.5 Å². The molecule has 0 spiro atoms. The normalized spacial score (nSPS) is 12.1. The Morgan fingerprint density at radius 1 is 0.800 bits per heavy atom. The van der Waals surface area contributed by atoms with Gasteiger partial charge in [-0.25, -0.2) is 0 Å². The molecule has 0 heterocycles. The Morgan fingerprint density at radius 3 is 1.84 bits per heavy atom. The van der Waals surface area contributed by atoms with Crippen molar-refractivity contribution in [2.75, 3.05) is 13.2 Å². The lowest BCUT2D eigenvalue weighted by molar-refractivity contribution is -0.0163. The number of ether oxygens (including phenoxy) is 2. The van der Waals surface area contributed by atoms with E-state index in [1.807, 2.05) is 81.5 Å². The zero-order valence-corrected chi connectivity index (χ0v) is 15.1. The third kappa shape index (κ3) is 7.73. The molecule has 0 amide bonds. The van der Waals surface area contributed by atoms with E-state index in [0.717, 1.165) is 16.9 Å². The Bertz CT molecular complexity index is 690. The van der Waals surface area contributed by atoms with Crippen LogP contribution in [0.4, 0.5) is 0 Å². The van der Waals surface area contributed by atoms with Crippen molar-refractivity contribution >= 4 is 12.2 Å². The molecule has 0 bridgehead atoms. The van der Waals surface area contributed by atoms with E-state index in [2.05, 4.69) is 0 Å². The van der Waals surface area contributed by atoms with Gasteiger partial charge in [0.15, 0.2) is 0 Å². The second-order valence-corrected chi connectivity index (χ2v) is 6.69. The van der Waals surface area contributed by atoms with Gasteiger partial charge in [-0.05, 0) is 56.2 Å². The predicted octanol–water partition coefficient (Wildman–Crippen LogP) is 5.31. The SMILES string of the molecule is CC(C)(C)OCCOc1ccc(C=CC=Cc2ccc(O)cc2)cc1. The van der Waals surface area contributed by atoms with Gasteiger partial charge >= 0.3 is 0 Å². The molecule has 0 aliphatic rings. The molecule has 3 heteroatoms. The molecule has 1 N–H and O–H groups in total. The van der Waals surface area contributed by atoms with E-state index in [1.54, 1.807) is 12.1 Å². The van der Waals surface area contributed by atoms with Crippen molar-refractivity contribution in [3.63, 3.8) is 0 Å². The number of benzene rings is 2. The smallest absolute Gasteiger partial charge is 0.119 e. The van der Waals surface area contributed by atoms with Gasteiger partial charge in [0.05, 0.1) is 12.2 Å². The largest absolute Gasteiger partial charge is 0.508 e. The molecule has 0 atom stereocenters. The first-order chi connectivity index (χ1) is 11.9. The number of phenols is 1. The molecule has 25 heavy (non-hydrogen) atoms. The Hall–Kier alpha value is -2.52. The molecule has 0 unspecified atom stereocenters. The molecular weight excluding hydrogens is 312 g/mol. The number of rotatable bonds is 7. The van der Waals surface area contributed by atoms with Crippen molar-refractivity contribution in [2.24, 2.45) is 0 Å². The van der Waals surface area contributed by atoms with E-state index in [9.17, 15) is 5.11 Å². The first-order valence-electron chi connectivity index (χ1n) is 8.43. The van der Waals surface area contributed by atoms with Crippen LogP contribution in [0.3, 0.4) is 0 Å². The third-order valence-electron chi connectivity index (χ3n) is 3.35. The molecule has 0 saturated heterocycles. The Kier molecular flexibility index (Phi) is 6.84. The summed E-state index contributed by atoms with van der Waals surface area (Å²) in [7, 11) is 0. The minimum Gasteiger partial charge on any atom is -0.508 e. The number of phenolic OH excluding ortho intramolecular Hbond substituents is 1. The minimum atomic E-state index is -0.133. The second kappa shape index (κ2) is 9.09. The molecule has 132 valence electrons. The Labute approximate surface area is 150 Å². The number of allylic oxidation sites excluding steroid dienone is 2. The molecule has 2 aromatic rings. The van der Waals surface area contributed by atoms with Crippen LogP contribution >= 0.6 is 0 Å². The highest BCUT2D eigenvalue weighted by molar-refractivity contribution is 5.57. The maximum absolute atomic E-state index is 9.25. The molecule has 2 rings (SSSR count). The molecular formula is C22H26O3. The molecule has 2 aromatic carbocycles.